The number of hydrogen-bond donors (Lipinski definition) is 2. The number of aromatic nitrogens is 2. The van der Waals surface area contributed by atoms with Gasteiger partial charge in [-0.15, -0.1) is 0 Å². The van der Waals surface area contributed by atoms with Gasteiger partial charge in [-0.1, -0.05) is 18.2 Å². The Morgan fingerprint density at radius 3 is 2.52 bits per heavy atom. The van der Waals surface area contributed by atoms with Crippen LogP contribution in [0.25, 0.3) is 16.6 Å². The highest BCUT2D eigenvalue weighted by molar-refractivity contribution is 5.84. The van der Waals surface area contributed by atoms with Gasteiger partial charge in [0.25, 0.3) is 0 Å². The Balaban J connectivity index is 1.76. The van der Waals surface area contributed by atoms with Crippen molar-refractivity contribution >= 4 is 16.6 Å². The van der Waals surface area contributed by atoms with Crippen molar-refractivity contribution in [2.24, 2.45) is 0 Å². The van der Waals surface area contributed by atoms with Gasteiger partial charge in [-0.05, 0) is 49.9 Å². The van der Waals surface area contributed by atoms with Crippen molar-refractivity contribution in [3.05, 3.63) is 53.7 Å². The molecule has 0 spiro atoms. The van der Waals surface area contributed by atoms with Gasteiger partial charge >= 0.3 is 6.18 Å². The van der Waals surface area contributed by atoms with Gasteiger partial charge in [0.15, 0.2) is 5.69 Å². The van der Waals surface area contributed by atoms with Crippen LogP contribution in [0, 0.1) is 11.3 Å². The number of aliphatic hydroxyl groups excluding tert-OH is 1. The number of para-hydroxylation sites is 1. The van der Waals surface area contributed by atoms with Crippen LogP contribution in [-0.4, -0.2) is 27.0 Å². The van der Waals surface area contributed by atoms with Crippen molar-refractivity contribution in [3.8, 4) is 11.8 Å². The Morgan fingerprint density at radius 2 is 1.83 bits per heavy atom. The molecule has 3 aromatic rings. The summed E-state index contributed by atoms with van der Waals surface area (Å²) in [7, 11) is 0. The summed E-state index contributed by atoms with van der Waals surface area (Å²) in [5.41, 5.74) is 0.811. The van der Waals surface area contributed by atoms with Crippen molar-refractivity contribution < 1.29 is 18.3 Å². The van der Waals surface area contributed by atoms with Crippen molar-refractivity contribution in [2.45, 2.75) is 44.0 Å². The number of alkyl halides is 3. The maximum absolute atomic E-state index is 13.4. The van der Waals surface area contributed by atoms with E-state index >= 15 is 0 Å². The van der Waals surface area contributed by atoms with Crippen molar-refractivity contribution in [1.82, 2.24) is 9.78 Å². The molecule has 0 radical (unpaired) electrons. The second kappa shape index (κ2) is 7.41. The molecule has 8 heteroatoms. The molecule has 0 amide bonds. The van der Waals surface area contributed by atoms with Crippen molar-refractivity contribution in [1.29, 1.82) is 5.26 Å². The Labute approximate surface area is 165 Å². The zero-order chi connectivity index (χ0) is 20.6. The van der Waals surface area contributed by atoms with Gasteiger partial charge in [0.05, 0.1) is 28.6 Å². The number of nitrogens with zero attached hydrogens (tertiary/aromatic N) is 3. The molecule has 1 aliphatic carbocycles. The molecular formula is C21H19F3N4O. The Morgan fingerprint density at radius 1 is 1.10 bits per heavy atom. The maximum Gasteiger partial charge on any atom is 0.435 e. The van der Waals surface area contributed by atoms with E-state index in [1.54, 1.807) is 36.4 Å². The lowest BCUT2D eigenvalue weighted by molar-refractivity contribution is -0.140. The van der Waals surface area contributed by atoms with E-state index in [4.69, 9.17) is 0 Å². The van der Waals surface area contributed by atoms with E-state index in [1.807, 2.05) is 0 Å². The molecule has 0 bridgehead atoms. The van der Waals surface area contributed by atoms with E-state index in [0.29, 0.717) is 35.3 Å². The SMILES string of the molecule is N#Cc1ccc(-n2nc(C(F)(F)F)c3ccccc32)cc1NC1CCC(O)CC1. The van der Waals surface area contributed by atoms with E-state index < -0.39 is 11.9 Å². The number of anilines is 1. The highest BCUT2D eigenvalue weighted by atomic mass is 19.4. The number of rotatable bonds is 3. The van der Waals surface area contributed by atoms with E-state index in [9.17, 15) is 23.5 Å². The van der Waals surface area contributed by atoms with Crippen LogP contribution < -0.4 is 5.32 Å². The monoisotopic (exact) mass is 400 g/mol. The molecule has 2 N–H and O–H groups in total. The van der Waals surface area contributed by atoms with E-state index in [0.717, 1.165) is 12.8 Å². The minimum atomic E-state index is -4.57. The summed E-state index contributed by atoms with van der Waals surface area (Å²) in [5, 5.41) is 26.3. The summed E-state index contributed by atoms with van der Waals surface area (Å²) < 4.78 is 41.6. The van der Waals surface area contributed by atoms with E-state index in [2.05, 4.69) is 16.5 Å². The highest BCUT2D eigenvalue weighted by Crippen LogP contribution is 2.35. The lowest BCUT2D eigenvalue weighted by Gasteiger charge is -2.27. The Hall–Kier alpha value is -3.05. The van der Waals surface area contributed by atoms with E-state index in [1.165, 1.54) is 10.7 Å². The predicted molar refractivity (Wildman–Crippen MR) is 103 cm³/mol. The molecule has 1 aliphatic rings. The molecule has 1 saturated carbocycles. The summed E-state index contributed by atoms with van der Waals surface area (Å²) in [6.45, 7) is 0. The molecule has 29 heavy (non-hydrogen) atoms. The largest absolute Gasteiger partial charge is 0.435 e. The fourth-order valence-corrected chi connectivity index (χ4v) is 3.79. The summed E-state index contributed by atoms with van der Waals surface area (Å²) in [5.74, 6) is 0. The first kappa shape index (κ1) is 19.3. The summed E-state index contributed by atoms with van der Waals surface area (Å²) in [6, 6.07) is 13.2. The molecule has 5 nitrogen and oxygen atoms in total. The number of aliphatic hydroxyl groups is 1. The molecule has 0 saturated heterocycles. The average Bonchev–Trinajstić information content (AvgIpc) is 3.10. The number of hydrogen-bond acceptors (Lipinski definition) is 4. The average molecular weight is 400 g/mol. The molecular weight excluding hydrogens is 381 g/mol. The third-order valence-electron chi connectivity index (χ3n) is 5.28. The summed E-state index contributed by atoms with van der Waals surface area (Å²) in [4.78, 5) is 0. The van der Waals surface area contributed by atoms with Crippen molar-refractivity contribution in [3.63, 3.8) is 0 Å². The fraction of sp³-hybridized carbons (Fsp3) is 0.333. The first-order valence-corrected chi connectivity index (χ1v) is 9.41. The van der Waals surface area contributed by atoms with Crippen molar-refractivity contribution in [2.75, 3.05) is 5.32 Å². The van der Waals surface area contributed by atoms with Gasteiger partial charge in [0.2, 0.25) is 0 Å². The topological polar surface area (TPSA) is 73.9 Å². The molecule has 150 valence electrons. The Kier molecular flexibility index (Phi) is 4.92. The molecule has 1 heterocycles. The van der Waals surface area contributed by atoms with Crippen LogP contribution >= 0.6 is 0 Å². The lowest BCUT2D eigenvalue weighted by atomic mass is 9.93. The van der Waals surface area contributed by atoms with Gasteiger partial charge in [0.1, 0.15) is 6.07 Å². The predicted octanol–water partition coefficient (Wildman–Crippen LogP) is 4.63. The summed E-state index contributed by atoms with van der Waals surface area (Å²) >= 11 is 0. The number of nitrogens with one attached hydrogen (secondary N) is 1. The zero-order valence-electron chi connectivity index (χ0n) is 15.4. The normalized spacial score (nSPS) is 19.8. The standard InChI is InChI=1S/C21H19F3N4O/c22-21(23,24)20-17-3-1-2-4-19(17)28(27-20)15-8-5-13(12-25)18(11-15)26-14-6-9-16(29)10-7-14/h1-5,8,11,14,16,26,29H,6-7,9-10H2. The van der Waals surface area contributed by atoms with Crippen LogP contribution in [0.3, 0.4) is 0 Å². The quantitative estimate of drug-likeness (QED) is 0.672. The molecule has 1 fully saturated rings. The van der Waals surface area contributed by atoms with Gasteiger partial charge in [-0.3, -0.25) is 0 Å². The van der Waals surface area contributed by atoms with Crippen LogP contribution in [0.2, 0.25) is 0 Å². The highest BCUT2D eigenvalue weighted by Gasteiger charge is 2.37. The first-order chi connectivity index (χ1) is 13.9. The number of benzene rings is 2. The smallest absolute Gasteiger partial charge is 0.393 e. The third-order valence-corrected chi connectivity index (χ3v) is 5.28. The second-order valence-corrected chi connectivity index (χ2v) is 7.27. The summed E-state index contributed by atoms with van der Waals surface area (Å²) in [6.07, 6.45) is -1.98. The molecule has 0 atom stereocenters. The molecule has 2 aromatic carbocycles. The lowest BCUT2D eigenvalue weighted by Crippen LogP contribution is -2.28. The molecule has 0 aliphatic heterocycles. The minimum absolute atomic E-state index is 0.0279. The number of nitriles is 1. The zero-order valence-corrected chi connectivity index (χ0v) is 15.4. The fourth-order valence-electron chi connectivity index (χ4n) is 3.79. The van der Waals surface area contributed by atoms with Crippen LogP contribution in [0.5, 0.6) is 0 Å². The molecule has 4 rings (SSSR count). The molecule has 1 aromatic heterocycles. The number of fused-ring (bicyclic) bond motifs is 1. The van der Waals surface area contributed by atoms with Gasteiger partial charge < -0.3 is 10.4 Å². The maximum atomic E-state index is 13.4. The van der Waals surface area contributed by atoms with Crippen LogP contribution in [-0.2, 0) is 6.18 Å². The number of halogens is 3. The Bertz CT molecular complexity index is 1080. The van der Waals surface area contributed by atoms with Crippen LogP contribution in [0.1, 0.15) is 36.9 Å². The van der Waals surface area contributed by atoms with Crippen LogP contribution in [0.4, 0.5) is 18.9 Å². The minimum Gasteiger partial charge on any atom is -0.393 e. The van der Waals surface area contributed by atoms with Crippen LogP contribution in [0.15, 0.2) is 42.5 Å². The van der Waals surface area contributed by atoms with E-state index in [-0.39, 0.29) is 17.5 Å². The van der Waals surface area contributed by atoms with Gasteiger partial charge in [0, 0.05) is 11.4 Å². The van der Waals surface area contributed by atoms with Gasteiger partial charge in [-0.2, -0.15) is 23.5 Å². The third kappa shape index (κ3) is 3.78. The molecule has 0 unspecified atom stereocenters. The van der Waals surface area contributed by atoms with Gasteiger partial charge in [-0.25, -0.2) is 4.68 Å². The first-order valence-electron chi connectivity index (χ1n) is 9.41. The second-order valence-electron chi connectivity index (χ2n) is 7.27.